The molecule has 0 unspecified atom stereocenters. The van der Waals surface area contributed by atoms with Gasteiger partial charge in [-0.15, -0.1) is 0 Å². The molecule has 2 aromatic carbocycles. The third-order valence-corrected chi connectivity index (χ3v) is 7.16. The van der Waals surface area contributed by atoms with Crippen molar-refractivity contribution in [3.63, 3.8) is 0 Å². The molecule has 7 nitrogen and oxygen atoms in total. The first-order valence-electron chi connectivity index (χ1n) is 10.0. The maximum absolute atomic E-state index is 12.9. The number of ether oxygens (including phenoxy) is 2. The highest BCUT2D eigenvalue weighted by molar-refractivity contribution is 7.89. The Morgan fingerprint density at radius 3 is 2.39 bits per heavy atom. The number of halogens is 1. The van der Waals surface area contributed by atoms with Crippen LogP contribution in [0.15, 0.2) is 36.4 Å². The van der Waals surface area contributed by atoms with Gasteiger partial charge in [-0.05, 0) is 53.8 Å². The number of rotatable bonds is 9. The molecule has 31 heavy (non-hydrogen) atoms. The smallest absolute Gasteiger partial charge is 0.224 e. The summed E-state index contributed by atoms with van der Waals surface area (Å²) in [7, 11) is -0.335. The number of sulfonamides is 1. The molecule has 1 amide bonds. The molecule has 1 N–H and O–H groups in total. The van der Waals surface area contributed by atoms with Gasteiger partial charge in [0.1, 0.15) is 5.82 Å². The van der Waals surface area contributed by atoms with Crippen LogP contribution in [0.25, 0.3) is 0 Å². The van der Waals surface area contributed by atoms with E-state index in [2.05, 4.69) is 5.32 Å². The summed E-state index contributed by atoms with van der Waals surface area (Å²) < 4.78 is 50.6. The maximum Gasteiger partial charge on any atom is 0.224 e. The van der Waals surface area contributed by atoms with Crippen LogP contribution in [-0.4, -0.2) is 51.7 Å². The fraction of sp³-hybridized carbons (Fsp3) is 0.409. The molecule has 0 fully saturated rings. The second-order valence-electron chi connectivity index (χ2n) is 7.38. The Hall–Kier alpha value is -2.65. The first kappa shape index (κ1) is 23.0. The van der Waals surface area contributed by atoms with Crippen molar-refractivity contribution in [3.05, 3.63) is 58.9 Å². The fourth-order valence-corrected chi connectivity index (χ4v) is 5.03. The van der Waals surface area contributed by atoms with Gasteiger partial charge in [-0.1, -0.05) is 12.1 Å². The molecule has 168 valence electrons. The molecular weight excluding hydrogens is 423 g/mol. The molecular formula is C22H27FN2O5S. The van der Waals surface area contributed by atoms with Crippen molar-refractivity contribution in [1.82, 2.24) is 9.62 Å². The van der Waals surface area contributed by atoms with Crippen LogP contribution in [0.3, 0.4) is 0 Å². The molecule has 1 aliphatic heterocycles. The van der Waals surface area contributed by atoms with Crippen LogP contribution in [-0.2, 0) is 34.2 Å². The third kappa shape index (κ3) is 5.95. The predicted molar refractivity (Wildman–Crippen MR) is 115 cm³/mol. The van der Waals surface area contributed by atoms with E-state index in [0.29, 0.717) is 36.4 Å². The standard InChI is InChI=1S/C22H27FN2O5S/c1-29-20-13-17-8-10-25(15-18(17)14-21(20)30-2)31(27,28)11-3-9-24-22(26)12-16-4-6-19(23)7-5-16/h4-7,13-14H,3,8-12,15H2,1-2H3,(H,24,26). The first-order valence-corrected chi connectivity index (χ1v) is 11.7. The number of carbonyl (C=O) groups is 1. The van der Waals surface area contributed by atoms with Crippen molar-refractivity contribution < 1.29 is 27.1 Å². The minimum Gasteiger partial charge on any atom is -0.493 e. The molecule has 0 saturated heterocycles. The van der Waals surface area contributed by atoms with Gasteiger partial charge in [-0.2, -0.15) is 4.31 Å². The monoisotopic (exact) mass is 450 g/mol. The molecule has 1 aliphatic rings. The van der Waals surface area contributed by atoms with Gasteiger partial charge in [0, 0.05) is 19.6 Å². The summed E-state index contributed by atoms with van der Waals surface area (Å²) in [5.74, 6) is 0.578. The van der Waals surface area contributed by atoms with Crippen molar-refractivity contribution in [2.45, 2.75) is 25.8 Å². The van der Waals surface area contributed by atoms with Gasteiger partial charge in [-0.25, -0.2) is 12.8 Å². The Kier molecular flexibility index (Phi) is 7.50. The molecule has 0 spiro atoms. The van der Waals surface area contributed by atoms with E-state index in [1.54, 1.807) is 26.4 Å². The number of methoxy groups -OCH3 is 2. The molecule has 1 heterocycles. The zero-order valence-corrected chi connectivity index (χ0v) is 18.5. The highest BCUT2D eigenvalue weighted by atomic mass is 32.2. The number of benzene rings is 2. The SMILES string of the molecule is COc1cc2c(cc1OC)CN(S(=O)(=O)CCCNC(=O)Cc1ccc(F)cc1)CC2. The van der Waals surface area contributed by atoms with Gasteiger partial charge in [0.15, 0.2) is 11.5 Å². The summed E-state index contributed by atoms with van der Waals surface area (Å²) in [5.41, 5.74) is 2.66. The number of hydrogen-bond donors (Lipinski definition) is 1. The van der Waals surface area contributed by atoms with E-state index in [-0.39, 0.29) is 37.0 Å². The van der Waals surface area contributed by atoms with E-state index in [4.69, 9.17) is 9.47 Å². The fourth-order valence-electron chi connectivity index (χ4n) is 3.56. The zero-order valence-electron chi connectivity index (χ0n) is 17.7. The van der Waals surface area contributed by atoms with E-state index in [0.717, 1.165) is 11.1 Å². The molecule has 9 heteroatoms. The largest absolute Gasteiger partial charge is 0.493 e. The zero-order chi connectivity index (χ0) is 22.4. The predicted octanol–water partition coefficient (Wildman–Crippen LogP) is 2.28. The normalized spacial score (nSPS) is 14.0. The van der Waals surface area contributed by atoms with Crippen LogP contribution in [0, 0.1) is 5.82 Å². The molecule has 3 rings (SSSR count). The summed E-state index contributed by atoms with van der Waals surface area (Å²) in [6.07, 6.45) is 1.04. The number of amides is 1. The maximum atomic E-state index is 12.9. The van der Waals surface area contributed by atoms with Crippen molar-refractivity contribution in [2.24, 2.45) is 0 Å². The van der Waals surface area contributed by atoms with Gasteiger partial charge in [-0.3, -0.25) is 4.79 Å². The van der Waals surface area contributed by atoms with Gasteiger partial charge < -0.3 is 14.8 Å². The van der Waals surface area contributed by atoms with Crippen molar-refractivity contribution in [3.8, 4) is 11.5 Å². The molecule has 0 bridgehead atoms. The van der Waals surface area contributed by atoms with Gasteiger partial charge in [0.25, 0.3) is 0 Å². The number of nitrogens with one attached hydrogen (secondary N) is 1. The van der Waals surface area contributed by atoms with Crippen molar-refractivity contribution >= 4 is 15.9 Å². The van der Waals surface area contributed by atoms with Gasteiger partial charge in [0.2, 0.25) is 15.9 Å². The average Bonchev–Trinajstić information content (AvgIpc) is 2.76. The van der Waals surface area contributed by atoms with E-state index in [9.17, 15) is 17.6 Å². The van der Waals surface area contributed by atoms with Gasteiger partial charge in [0.05, 0.1) is 26.4 Å². The second-order valence-corrected chi connectivity index (χ2v) is 9.47. The summed E-state index contributed by atoms with van der Waals surface area (Å²) in [5, 5.41) is 2.72. The van der Waals surface area contributed by atoms with E-state index in [1.807, 2.05) is 12.1 Å². The number of carbonyl (C=O) groups excluding carboxylic acids is 1. The minimum atomic E-state index is -3.45. The lowest BCUT2D eigenvalue weighted by Gasteiger charge is -2.29. The number of nitrogens with zero attached hydrogens (tertiary/aromatic N) is 1. The van der Waals surface area contributed by atoms with Crippen LogP contribution in [0.1, 0.15) is 23.1 Å². The summed E-state index contributed by atoms with van der Waals surface area (Å²) in [6, 6.07) is 9.44. The average molecular weight is 451 g/mol. The Morgan fingerprint density at radius 1 is 1.10 bits per heavy atom. The van der Waals surface area contributed by atoms with Crippen LogP contribution < -0.4 is 14.8 Å². The van der Waals surface area contributed by atoms with Crippen molar-refractivity contribution in [1.29, 1.82) is 0 Å². The first-order chi connectivity index (χ1) is 14.8. The Balaban J connectivity index is 1.50. The third-order valence-electron chi connectivity index (χ3n) is 5.26. The van der Waals surface area contributed by atoms with E-state index < -0.39 is 10.0 Å². The number of hydrogen-bond acceptors (Lipinski definition) is 5. The molecule has 0 radical (unpaired) electrons. The highest BCUT2D eigenvalue weighted by Gasteiger charge is 2.27. The van der Waals surface area contributed by atoms with Crippen molar-refractivity contribution in [2.75, 3.05) is 33.1 Å². The van der Waals surface area contributed by atoms with Gasteiger partial charge >= 0.3 is 0 Å². The van der Waals surface area contributed by atoms with Crippen LogP contribution in [0.4, 0.5) is 4.39 Å². The van der Waals surface area contributed by atoms with Crippen LogP contribution in [0.5, 0.6) is 11.5 Å². The molecule has 0 aliphatic carbocycles. The summed E-state index contributed by atoms with van der Waals surface area (Å²) in [4.78, 5) is 12.0. The summed E-state index contributed by atoms with van der Waals surface area (Å²) >= 11 is 0. The lowest BCUT2D eigenvalue weighted by atomic mass is 10.0. The van der Waals surface area contributed by atoms with Crippen LogP contribution in [0.2, 0.25) is 0 Å². The molecule has 0 saturated carbocycles. The number of fused-ring (bicyclic) bond motifs is 1. The van der Waals surface area contributed by atoms with E-state index >= 15 is 0 Å². The highest BCUT2D eigenvalue weighted by Crippen LogP contribution is 2.33. The molecule has 2 aromatic rings. The Bertz CT molecular complexity index is 1020. The quantitative estimate of drug-likeness (QED) is 0.593. The lowest BCUT2D eigenvalue weighted by Crippen LogP contribution is -2.38. The van der Waals surface area contributed by atoms with Crippen LogP contribution >= 0.6 is 0 Å². The van der Waals surface area contributed by atoms with E-state index in [1.165, 1.54) is 16.4 Å². The molecule has 0 aromatic heterocycles. The second kappa shape index (κ2) is 10.1. The molecule has 0 atom stereocenters. The minimum absolute atomic E-state index is 0.0492. The Labute approximate surface area is 182 Å². The lowest BCUT2D eigenvalue weighted by molar-refractivity contribution is -0.120. The summed E-state index contributed by atoms with van der Waals surface area (Å²) in [6.45, 7) is 0.950. The Morgan fingerprint density at radius 2 is 1.74 bits per heavy atom. The topological polar surface area (TPSA) is 84.9 Å².